The minimum Gasteiger partial charge on any atom is -0.492 e. The third-order valence-electron chi connectivity index (χ3n) is 8.36. The van der Waals surface area contributed by atoms with Crippen molar-refractivity contribution in [2.75, 3.05) is 19.7 Å². The van der Waals surface area contributed by atoms with Crippen LogP contribution >= 0.6 is 0 Å². The van der Waals surface area contributed by atoms with E-state index in [0.717, 1.165) is 40.6 Å². The highest BCUT2D eigenvalue weighted by Gasteiger charge is 2.47. The standard InChI is InChI=1S/C28H29N5O4/c1-31-14-18-3-2-17(12-22(18)30-31)13-32-10-8-28(9-11-32)16-37-25-20-15-33(23-6-7-24(34)29-26(23)35)27(36)19(20)4-5-21(25)28/h2-5,12,14,23H,6-11,13,15-16H2,1H3,(H,29,34,35)/t23-/m0/s1/i13D2. The summed E-state index contributed by atoms with van der Waals surface area (Å²) in [5.74, 6) is -0.211. The normalized spacial score (nSPS) is 24.1. The molecule has 2 aromatic carbocycles. The fourth-order valence-electron chi connectivity index (χ4n) is 6.34. The van der Waals surface area contributed by atoms with Crippen LogP contribution in [-0.2, 0) is 35.1 Å². The van der Waals surface area contributed by atoms with E-state index in [4.69, 9.17) is 7.48 Å². The van der Waals surface area contributed by atoms with E-state index in [1.54, 1.807) is 9.58 Å². The van der Waals surface area contributed by atoms with Crippen LogP contribution in [-0.4, -0.2) is 63.0 Å². The van der Waals surface area contributed by atoms with Gasteiger partial charge in [0, 0.05) is 56.4 Å². The van der Waals surface area contributed by atoms with E-state index in [0.29, 0.717) is 37.2 Å². The number of rotatable bonds is 3. The van der Waals surface area contributed by atoms with Crippen molar-refractivity contribution in [3.05, 3.63) is 58.8 Å². The largest absolute Gasteiger partial charge is 0.492 e. The van der Waals surface area contributed by atoms with Crippen molar-refractivity contribution < 1.29 is 21.9 Å². The summed E-state index contributed by atoms with van der Waals surface area (Å²) in [5.41, 5.74) is 3.55. The number of ether oxygens (including phenoxy) is 1. The van der Waals surface area contributed by atoms with Crippen molar-refractivity contribution in [3.8, 4) is 5.75 Å². The maximum Gasteiger partial charge on any atom is 0.255 e. The Labute approximate surface area is 217 Å². The summed E-state index contributed by atoms with van der Waals surface area (Å²) in [6, 6.07) is 8.75. The third kappa shape index (κ3) is 3.55. The lowest BCUT2D eigenvalue weighted by Gasteiger charge is -2.38. The first-order valence-electron chi connectivity index (χ1n) is 13.8. The van der Waals surface area contributed by atoms with Gasteiger partial charge in [-0.1, -0.05) is 18.2 Å². The van der Waals surface area contributed by atoms with Crippen molar-refractivity contribution in [1.82, 2.24) is 24.9 Å². The van der Waals surface area contributed by atoms with Crippen LogP contribution in [0, 0.1) is 0 Å². The molecule has 5 heterocycles. The van der Waals surface area contributed by atoms with Crippen LogP contribution in [0.15, 0.2) is 36.5 Å². The Hall–Kier alpha value is -3.72. The molecule has 2 fully saturated rings. The number of benzene rings is 2. The Balaban J connectivity index is 1.11. The van der Waals surface area contributed by atoms with Crippen LogP contribution in [0.5, 0.6) is 5.75 Å². The van der Waals surface area contributed by atoms with E-state index >= 15 is 0 Å². The number of nitrogens with zero attached hydrogens (tertiary/aromatic N) is 4. The van der Waals surface area contributed by atoms with Gasteiger partial charge in [0.05, 0.1) is 18.7 Å². The van der Waals surface area contributed by atoms with Crippen LogP contribution in [0.25, 0.3) is 10.9 Å². The summed E-state index contributed by atoms with van der Waals surface area (Å²) in [5, 5.41) is 7.77. The number of likely N-dealkylation sites (tertiary alicyclic amines) is 1. The van der Waals surface area contributed by atoms with Crippen molar-refractivity contribution in [2.24, 2.45) is 7.05 Å². The molecule has 1 aromatic heterocycles. The van der Waals surface area contributed by atoms with Gasteiger partial charge in [-0.25, -0.2) is 0 Å². The van der Waals surface area contributed by atoms with E-state index in [1.807, 2.05) is 48.5 Å². The average Bonchev–Trinajstić information content (AvgIpc) is 3.57. The summed E-state index contributed by atoms with van der Waals surface area (Å²) in [6.07, 6.45) is 3.92. The Morgan fingerprint density at radius 1 is 1.19 bits per heavy atom. The molecule has 4 aliphatic rings. The Bertz CT molecular complexity index is 1560. The molecule has 1 N–H and O–H groups in total. The van der Waals surface area contributed by atoms with Crippen LogP contribution in [0.4, 0.5) is 0 Å². The molecule has 0 radical (unpaired) electrons. The second-order valence-corrected chi connectivity index (χ2v) is 10.6. The lowest BCUT2D eigenvalue weighted by molar-refractivity contribution is -0.136. The van der Waals surface area contributed by atoms with Crippen LogP contribution in [0.3, 0.4) is 0 Å². The molecule has 4 aliphatic heterocycles. The molecule has 9 nitrogen and oxygen atoms in total. The molecule has 1 spiro atoms. The van der Waals surface area contributed by atoms with Crippen molar-refractivity contribution in [1.29, 1.82) is 0 Å². The number of fused-ring (bicyclic) bond motifs is 5. The molecule has 0 saturated carbocycles. The molecule has 190 valence electrons. The zero-order valence-electron chi connectivity index (χ0n) is 22.6. The van der Waals surface area contributed by atoms with Crippen LogP contribution in [0.2, 0.25) is 0 Å². The smallest absolute Gasteiger partial charge is 0.255 e. The number of imide groups is 1. The van der Waals surface area contributed by atoms with E-state index in [9.17, 15) is 14.4 Å². The van der Waals surface area contributed by atoms with Gasteiger partial charge in [-0.05, 0) is 50.0 Å². The fourth-order valence-corrected chi connectivity index (χ4v) is 6.34. The van der Waals surface area contributed by atoms with Gasteiger partial charge >= 0.3 is 0 Å². The first-order valence-corrected chi connectivity index (χ1v) is 12.8. The zero-order valence-corrected chi connectivity index (χ0v) is 20.6. The zero-order chi connectivity index (χ0) is 27.1. The summed E-state index contributed by atoms with van der Waals surface area (Å²) < 4.78 is 25.9. The Kier molecular flexibility index (Phi) is 4.48. The van der Waals surface area contributed by atoms with Gasteiger partial charge in [-0.15, -0.1) is 0 Å². The molecule has 2 saturated heterocycles. The predicted octanol–water partition coefficient (Wildman–Crippen LogP) is 2.26. The lowest BCUT2D eigenvalue weighted by atomic mass is 9.74. The molecule has 3 aromatic rings. The summed E-state index contributed by atoms with van der Waals surface area (Å²) in [6.45, 7) is 0.262. The minimum atomic E-state index is -1.64. The van der Waals surface area contributed by atoms with Gasteiger partial charge < -0.3 is 9.64 Å². The van der Waals surface area contributed by atoms with Gasteiger partial charge in [0.25, 0.3) is 5.91 Å². The van der Waals surface area contributed by atoms with Gasteiger partial charge in [0.15, 0.2) is 0 Å². The van der Waals surface area contributed by atoms with E-state index in [-0.39, 0.29) is 30.2 Å². The highest BCUT2D eigenvalue weighted by Crippen LogP contribution is 2.49. The molecule has 37 heavy (non-hydrogen) atoms. The molecule has 7 rings (SSSR count). The van der Waals surface area contributed by atoms with E-state index in [1.165, 1.54) is 0 Å². The third-order valence-corrected chi connectivity index (χ3v) is 8.36. The summed E-state index contributed by atoms with van der Waals surface area (Å²) in [4.78, 5) is 40.7. The maximum atomic E-state index is 13.2. The number of hydrogen-bond donors (Lipinski definition) is 1. The van der Waals surface area contributed by atoms with Gasteiger partial charge in [-0.2, -0.15) is 5.10 Å². The predicted molar refractivity (Wildman–Crippen MR) is 135 cm³/mol. The second-order valence-electron chi connectivity index (χ2n) is 10.6. The van der Waals surface area contributed by atoms with E-state index < -0.39 is 18.4 Å². The molecule has 0 bridgehead atoms. The minimum absolute atomic E-state index is 0.209. The quantitative estimate of drug-likeness (QED) is 0.553. The second kappa shape index (κ2) is 8.14. The van der Waals surface area contributed by atoms with Gasteiger partial charge in [0.1, 0.15) is 11.8 Å². The molecular formula is C28H29N5O4. The number of piperidine rings is 2. The highest BCUT2D eigenvalue weighted by atomic mass is 16.5. The topological polar surface area (TPSA) is 96.8 Å². The van der Waals surface area contributed by atoms with Crippen molar-refractivity contribution in [2.45, 2.75) is 50.2 Å². The maximum absolute atomic E-state index is 13.2. The number of aryl methyl sites for hydroxylation is 1. The Morgan fingerprint density at radius 3 is 2.84 bits per heavy atom. The fraction of sp³-hybridized carbons (Fsp3) is 0.429. The number of aromatic nitrogens is 2. The lowest BCUT2D eigenvalue weighted by Crippen LogP contribution is -2.52. The summed E-state index contributed by atoms with van der Waals surface area (Å²) in [7, 11) is 1.86. The first kappa shape index (κ1) is 20.4. The molecule has 3 amide bonds. The first-order chi connectivity index (χ1) is 18.7. The number of carbonyl (C=O) groups is 3. The molecular weight excluding hydrogens is 470 g/mol. The molecule has 0 aliphatic carbocycles. The van der Waals surface area contributed by atoms with Crippen molar-refractivity contribution in [3.63, 3.8) is 0 Å². The monoisotopic (exact) mass is 501 g/mol. The SMILES string of the molecule is [2H]C([2H])(c1ccc2cn(C)nc2c1)N1CCC2(CC1)COc1c2ccc2c1CN([C@H]1CCC(=O)NC1=O)C2=O. The molecule has 0 unspecified atom stereocenters. The van der Waals surface area contributed by atoms with Gasteiger partial charge in [-0.3, -0.25) is 29.3 Å². The number of hydrogen-bond acceptors (Lipinski definition) is 6. The molecule has 9 heteroatoms. The number of amides is 3. The van der Waals surface area contributed by atoms with Crippen molar-refractivity contribution >= 4 is 28.6 Å². The Morgan fingerprint density at radius 2 is 2.03 bits per heavy atom. The summed E-state index contributed by atoms with van der Waals surface area (Å²) >= 11 is 0. The van der Waals surface area contributed by atoms with E-state index in [2.05, 4.69) is 10.4 Å². The highest BCUT2D eigenvalue weighted by molar-refractivity contribution is 6.05. The van der Waals surface area contributed by atoms with Crippen LogP contribution in [0.1, 0.15) is 55.5 Å². The van der Waals surface area contributed by atoms with Crippen LogP contribution < -0.4 is 10.1 Å². The number of carbonyl (C=O) groups excluding carboxylic acids is 3. The molecule has 1 atom stereocenters. The average molecular weight is 502 g/mol. The number of nitrogens with one attached hydrogen (secondary N) is 1. The van der Waals surface area contributed by atoms with Gasteiger partial charge in [0.2, 0.25) is 11.8 Å².